The first-order valence-corrected chi connectivity index (χ1v) is 11.8. The average Bonchev–Trinajstić information content (AvgIpc) is 3.47. The summed E-state index contributed by atoms with van der Waals surface area (Å²) in [5.74, 6) is 0.864. The number of hydrogen-bond acceptors (Lipinski definition) is 6. The van der Waals surface area contributed by atoms with E-state index < -0.39 is 5.60 Å². The van der Waals surface area contributed by atoms with Crippen LogP contribution in [0.15, 0.2) is 65.6 Å². The summed E-state index contributed by atoms with van der Waals surface area (Å²) in [6, 6.07) is 14.2. The van der Waals surface area contributed by atoms with Crippen molar-refractivity contribution in [3.05, 3.63) is 82.3 Å². The molecule has 0 N–H and O–H groups in total. The van der Waals surface area contributed by atoms with Gasteiger partial charge in [-0.25, -0.2) is 0 Å². The predicted octanol–water partition coefficient (Wildman–Crippen LogP) is 3.55. The molecule has 2 aromatic heterocycles. The van der Waals surface area contributed by atoms with Gasteiger partial charge in [0.25, 0.3) is 5.91 Å². The molecule has 5 rings (SSSR count). The number of amides is 1. The van der Waals surface area contributed by atoms with Crippen molar-refractivity contribution in [2.75, 3.05) is 33.4 Å². The summed E-state index contributed by atoms with van der Waals surface area (Å²) in [5.41, 5.74) is 2.53. The highest BCUT2D eigenvalue weighted by molar-refractivity contribution is 7.07. The van der Waals surface area contributed by atoms with Crippen LogP contribution in [0.5, 0.6) is 5.75 Å². The molecule has 2 saturated heterocycles. The standard InChI is InChI=1S/C25H27N3O3S/c1-30-22-6-4-19(5-7-22)14-27-16-23(21-3-2-9-26-13-21)25(18-27)24(29)28(10-11-31-25)15-20-8-12-32-17-20/h2-9,12-13,17,23H,10-11,14-16,18H2,1H3/t23-,25-/m1/s1. The number of rotatable bonds is 6. The topological polar surface area (TPSA) is 54.9 Å². The van der Waals surface area contributed by atoms with Gasteiger partial charge in [0.05, 0.1) is 13.7 Å². The molecule has 3 aromatic rings. The predicted molar refractivity (Wildman–Crippen MR) is 124 cm³/mol. The van der Waals surface area contributed by atoms with E-state index in [1.165, 1.54) is 11.1 Å². The first-order chi connectivity index (χ1) is 15.7. The van der Waals surface area contributed by atoms with Crippen molar-refractivity contribution < 1.29 is 14.3 Å². The van der Waals surface area contributed by atoms with Gasteiger partial charge in [-0.3, -0.25) is 14.7 Å². The van der Waals surface area contributed by atoms with Crippen molar-refractivity contribution in [3.8, 4) is 5.75 Å². The number of likely N-dealkylation sites (tertiary alicyclic amines) is 1. The molecule has 1 aromatic carbocycles. The Hall–Kier alpha value is -2.74. The molecule has 2 fully saturated rings. The zero-order valence-electron chi connectivity index (χ0n) is 18.1. The van der Waals surface area contributed by atoms with Gasteiger partial charge < -0.3 is 14.4 Å². The highest BCUT2D eigenvalue weighted by Gasteiger charge is 2.56. The smallest absolute Gasteiger partial charge is 0.257 e. The number of hydrogen-bond donors (Lipinski definition) is 0. The van der Waals surface area contributed by atoms with Crippen molar-refractivity contribution in [3.63, 3.8) is 0 Å². The van der Waals surface area contributed by atoms with Gasteiger partial charge >= 0.3 is 0 Å². The molecule has 32 heavy (non-hydrogen) atoms. The van der Waals surface area contributed by atoms with E-state index in [0.717, 1.165) is 24.4 Å². The monoisotopic (exact) mass is 449 g/mol. The second-order valence-corrected chi connectivity index (χ2v) is 9.23. The van der Waals surface area contributed by atoms with Gasteiger partial charge in [-0.05, 0) is 51.7 Å². The molecule has 166 valence electrons. The molecular formula is C25H27N3O3S. The molecule has 2 atom stereocenters. The quantitative estimate of drug-likeness (QED) is 0.576. The lowest BCUT2D eigenvalue weighted by atomic mass is 9.83. The number of aromatic nitrogens is 1. The number of morpholine rings is 1. The van der Waals surface area contributed by atoms with Crippen molar-refractivity contribution in [2.24, 2.45) is 0 Å². The normalized spacial score (nSPS) is 23.7. The summed E-state index contributed by atoms with van der Waals surface area (Å²) in [4.78, 5) is 22.5. The van der Waals surface area contributed by atoms with Crippen LogP contribution in [-0.2, 0) is 22.6 Å². The van der Waals surface area contributed by atoms with Gasteiger partial charge in [-0.2, -0.15) is 11.3 Å². The lowest BCUT2D eigenvalue weighted by molar-refractivity contribution is -0.173. The number of carbonyl (C=O) groups excluding carboxylic acids is 1. The Labute approximate surface area is 192 Å². The number of carbonyl (C=O) groups is 1. The summed E-state index contributed by atoms with van der Waals surface area (Å²) in [6.45, 7) is 3.86. The first-order valence-electron chi connectivity index (χ1n) is 10.9. The molecular weight excluding hydrogens is 422 g/mol. The van der Waals surface area contributed by atoms with E-state index in [1.807, 2.05) is 29.3 Å². The van der Waals surface area contributed by atoms with Gasteiger partial charge in [-0.15, -0.1) is 0 Å². The molecule has 0 saturated carbocycles. The largest absolute Gasteiger partial charge is 0.497 e. The number of benzene rings is 1. The Morgan fingerprint density at radius 2 is 2.06 bits per heavy atom. The maximum absolute atomic E-state index is 13.9. The number of thiophene rings is 1. The summed E-state index contributed by atoms with van der Waals surface area (Å²) in [6.07, 6.45) is 3.64. The third-order valence-corrected chi connectivity index (χ3v) is 7.17. The number of methoxy groups -OCH3 is 1. The van der Waals surface area contributed by atoms with E-state index in [0.29, 0.717) is 26.2 Å². The van der Waals surface area contributed by atoms with E-state index in [-0.39, 0.29) is 11.8 Å². The minimum absolute atomic E-state index is 0.0628. The van der Waals surface area contributed by atoms with Crippen molar-refractivity contribution >= 4 is 17.2 Å². The van der Waals surface area contributed by atoms with Crippen LogP contribution >= 0.6 is 11.3 Å². The molecule has 1 amide bonds. The van der Waals surface area contributed by atoms with E-state index in [4.69, 9.17) is 9.47 Å². The summed E-state index contributed by atoms with van der Waals surface area (Å²) in [5, 5.41) is 4.17. The average molecular weight is 450 g/mol. The highest BCUT2D eigenvalue weighted by Crippen LogP contribution is 2.42. The fourth-order valence-electron chi connectivity index (χ4n) is 4.86. The second-order valence-electron chi connectivity index (χ2n) is 8.45. The Morgan fingerprint density at radius 3 is 2.78 bits per heavy atom. The molecule has 7 heteroatoms. The van der Waals surface area contributed by atoms with Gasteiger partial charge in [0.2, 0.25) is 0 Å². The van der Waals surface area contributed by atoms with E-state index >= 15 is 0 Å². The fraction of sp³-hybridized carbons (Fsp3) is 0.360. The number of ether oxygens (including phenoxy) is 2. The van der Waals surface area contributed by atoms with E-state index in [2.05, 4.69) is 44.9 Å². The van der Waals surface area contributed by atoms with Crippen LogP contribution in [0.3, 0.4) is 0 Å². The Bertz CT molecular complexity index is 1040. The van der Waals surface area contributed by atoms with E-state index in [1.54, 1.807) is 24.6 Å². The molecule has 0 aliphatic carbocycles. The zero-order chi connectivity index (χ0) is 22.0. The molecule has 1 spiro atoms. The molecule has 0 bridgehead atoms. The Kier molecular flexibility index (Phi) is 5.95. The third-order valence-electron chi connectivity index (χ3n) is 6.44. The maximum atomic E-state index is 13.9. The Balaban J connectivity index is 1.42. The number of pyridine rings is 1. The molecule has 2 aliphatic heterocycles. The van der Waals surface area contributed by atoms with Crippen LogP contribution in [0, 0.1) is 0 Å². The van der Waals surface area contributed by atoms with Crippen molar-refractivity contribution in [1.29, 1.82) is 0 Å². The maximum Gasteiger partial charge on any atom is 0.257 e. The van der Waals surface area contributed by atoms with E-state index in [9.17, 15) is 4.79 Å². The SMILES string of the molecule is COc1ccc(CN2C[C@H](c3cccnc3)[C@@]3(C2)OCCN(Cc2ccsc2)C3=O)cc1. The Morgan fingerprint density at radius 1 is 1.19 bits per heavy atom. The lowest BCUT2D eigenvalue weighted by Gasteiger charge is -2.42. The lowest BCUT2D eigenvalue weighted by Crippen LogP contribution is -2.59. The zero-order valence-corrected chi connectivity index (χ0v) is 19.0. The van der Waals surface area contributed by atoms with Crippen LogP contribution in [0.2, 0.25) is 0 Å². The second kappa shape index (κ2) is 9.02. The van der Waals surface area contributed by atoms with Gasteiger partial charge in [0.1, 0.15) is 5.75 Å². The third kappa shape index (κ3) is 4.03. The first kappa shape index (κ1) is 21.1. The summed E-state index contributed by atoms with van der Waals surface area (Å²) in [7, 11) is 1.67. The molecule has 2 aliphatic rings. The fourth-order valence-corrected chi connectivity index (χ4v) is 5.52. The summed E-state index contributed by atoms with van der Waals surface area (Å²) >= 11 is 1.66. The number of nitrogens with zero attached hydrogens (tertiary/aromatic N) is 3. The molecule has 0 unspecified atom stereocenters. The molecule has 4 heterocycles. The summed E-state index contributed by atoms with van der Waals surface area (Å²) < 4.78 is 11.7. The van der Waals surface area contributed by atoms with Crippen LogP contribution in [0.4, 0.5) is 0 Å². The van der Waals surface area contributed by atoms with Crippen LogP contribution in [0.25, 0.3) is 0 Å². The van der Waals surface area contributed by atoms with Crippen molar-refractivity contribution in [1.82, 2.24) is 14.8 Å². The minimum atomic E-state index is -0.885. The van der Waals surface area contributed by atoms with Crippen LogP contribution < -0.4 is 4.74 Å². The highest BCUT2D eigenvalue weighted by atomic mass is 32.1. The van der Waals surface area contributed by atoms with Gasteiger partial charge in [0.15, 0.2) is 5.60 Å². The molecule has 6 nitrogen and oxygen atoms in total. The van der Waals surface area contributed by atoms with Crippen LogP contribution in [0.1, 0.15) is 22.6 Å². The van der Waals surface area contributed by atoms with Gasteiger partial charge in [0, 0.05) is 51.0 Å². The minimum Gasteiger partial charge on any atom is -0.497 e. The van der Waals surface area contributed by atoms with Crippen LogP contribution in [-0.4, -0.2) is 59.6 Å². The van der Waals surface area contributed by atoms with Crippen molar-refractivity contribution in [2.45, 2.75) is 24.6 Å². The van der Waals surface area contributed by atoms with Gasteiger partial charge in [-0.1, -0.05) is 18.2 Å². The molecule has 0 radical (unpaired) electrons.